The summed E-state index contributed by atoms with van der Waals surface area (Å²) in [6.07, 6.45) is 8.58. The molecule has 0 aromatic carbocycles. The van der Waals surface area contributed by atoms with Crippen LogP contribution in [-0.4, -0.2) is 52.4 Å². The van der Waals surface area contributed by atoms with E-state index in [0.717, 1.165) is 85.5 Å². The van der Waals surface area contributed by atoms with Gasteiger partial charge < -0.3 is 10.1 Å². The fourth-order valence-electron chi connectivity index (χ4n) is 4.53. The minimum atomic E-state index is -2.85. The summed E-state index contributed by atoms with van der Waals surface area (Å²) in [6.45, 7) is 4.98. The summed E-state index contributed by atoms with van der Waals surface area (Å²) >= 11 is 2.98. The van der Waals surface area contributed by atoms with Gasteiger partial charge in [-0.25, -0.2) is 18.7 Å². The lowest BCUT2D eigenvalue weighted by Gasteiger charge is -2.32. The van der Waals surface area contributed by atoms with Crippen LogP contribution in [0.3, 0.4) is 0 Å². The number of carbonyl (C=O) groups excluding carboxylic acids is 1. The summed E-state index contributed by atoms with van der Waals surface area (Å²) in [4.78, 5) is 25.7. The van der Waals surface area contributed by atoms with Crippen molar-refractivity contribution < 1.29 is 18.3 Å². The van der Waals surface area contributed by atoms with Gasteiger partial charge in [0.1, 0.15) is 5.01 Å². The highest BCUT2D eigenvalue weighted by atomic mass is 32.1. The number of alkyl halides is 2. The molecule has 1 amide bonds. The number of nitrogens with one attached hydrogen (secondary N) is 1. The van der Waals surface area contributed by atoms with E-state index in [2.05, 4.69) is 20.2 Å². The van der Waals surface area contributed by atoms with Crippen LogP contribution in [0.15, 0.2) is 6.20 Å². The van der Waals surface area contributed by atoms with E-state index in [-0.39, 0.29) is 11.9 Å². The Morgan fingerprint density at radius 2 is 2.09 bits per heavy atom. The number of ether oxygens (including phenoxy) is 1. The average molecular weight is 499 g/mol. The minimum absolute atomic E-state index is 0.0752. The Labute approximate surface area is 201 Å². The summed E-state index contributed by atoms with van der Waals surface area (Å²) in [5, 5.41) is 4.42. The van der Waals surface area contributed by atoms with E-state index < -0.39 is 12.5 Å². The third kappa shape index (κ3) is 7.42. The molecule has 0 radical (unpaired) electrons. The number of hydrogen-bond acceptors (Lipinski definition) is 7. The van der Waals surface area contributed by atoms with Crippen LogP contribution in [0.1, 0.15) is 59.5 Å². The van der Waals surface area contributed by atoms with Crippen molar-refractivity contribution >= 4 is 28.6 Å². The van der Waals surface area contributed by atoms with Crippen molar-refractivity contribution in [1.82, 2.24) is 20.2 Å². The number of aromatic nitrogens is 2. The van der Waals surface area contributed by atoms with Crippen LogP contribution >= 0.6 is 22.7 Å². The van der Waals surface area contributed by atoms with Gasteiger partial charge in [-0.3, -0.25) is 9.69 Å². The first kappa shape index (κ1) is 24.5. The van der Waals surface area contributed by atoms with Crippen molar-refractivity contribution in [1.29, 1.82) is 0 Å². The number of halogens is 2. The molecule has 33 heavy (non-hydrogen) atoms. The lowest BCUT2D eigenvalue weighted by atomic mass is 9.84. The van der Waals surface area contributed by atoms with E-state index in [0.29, 0.717) is 17.5 Å². The Morgan fingerprint density at radius 1 is 1.30 bits per heavy atom. The smallest absolute Gasteiger partial charge is 0.278 e. The zero-order chi connectivity index (χ0) is 23.4. The van der Waals surface area contributed by atoms with Gasteiger partial charge in [0, 0.05) is 42.0 Å². The number of carbonyl (C=O) groups is 1. The van der Waals surface area contributed by atoms with Crippen molar-refractivity contribution in [2.75, 3.05) is 19.7 Å². The van der Waals surface area contributed by atoms with Crippen LogP contribution in [0.5, 0.6) is 5.19 Å². The number of aryl methyl sites for hydroxylation is 1. The maximum absolute atomic E-state index is 13.0. The molecule has 1 saturated carbocycles. The van der Waals surface area contributed by atoms with Crippen LogP contribution < -0.4 is 10.1 Å². The van der Waals surface area contributed by atoms with Crippen molar-refractivity contribution in [2.45, 2.75) is 77.3 Å². The van der Waals surface area contributed by atoms with Gasteiger partial charge in [0.15, 0.2) is 6.61 Å². The molecule has 182 valence electrons. The molecule has 10 heteroatoms. The molecule has 1 aliphatic heterocycles. The SMILES string of the molecule is Cc1cnc(CC(=O)N[C@H]2CC[C@H](CCN3CCc4sc(OCC(C)(F)F)nc4C3)CC2)s1. The molecule has 0 bridgehead atoms. The first-order chi connectivity index (χ1) is 15.7. The lowest BCUT2D eigenvalue weighted by molar-refractivity contribution is -0.121. The summed E-state index contributed by atoms with van der Waals surface area (Å²) in [5.41, 5.74) is 0.975. The second kappa shape index (κ2) is 10.7. The Morgan fingerprint density at radius 3 is 2.79 bits per heavy atom. The van der Waals surface area contributed by atoms with Crippen LogP contribution in [0, 0.1) is 12.8 Å². The molecule has 1 aliphatic carbocycles. The molecular formula is C23H32F2N4O2S2. The van der Waals surface area contributed by atoms with Gasteiger partial charge >= 0.3 is 0 Å². The lowest BCUT2D eigenvalue weighted by Crippen LogP contribution is -2.39. The van der Waals surface area contributed by atoms with E-state index in [1.54, 1.807) is 11.3 Å². The normalized spacial score (nSPS) is 21.6. The number of rotatable bonds is 9. The van der Waals surface area contributed by atoms with Crippen molar-refractivity contribution in [3.8, 4) is 5.19 Å². The third-order valence-corrected chi connectivity index (χ3v) is 8.27. The Kier molecular flexibility index (Phi) is 7.96. The van der Waals surface area contributed by atoms with E-state index in [1.807, 2.05) is 13.1 Å². The third-order valence-electron chi connectivity index (χ3n) is 6.28. The van der Waals surface area contributed by atoms with Gasteiger partial charge in [-0.05, 0) is 57.9 Å². The molecule has 1 N–H and O–H groups in total. The number of nitrogens with zero attached hydrogens (tertiary/aromatic N) is 3. The molecule has 0 spiro atoms. The number of hydrogen-bond donors (Lipinski definition) is 1. The fraction of sp³-hybridized carbons (Fsp3) is 0.696. The molecule has 2 aromatic heterocycles. The molecule has 2 aliphatic rings. The fourth-order valence-corrected chi connectivity index (χ4v) is 6.22. The number of fused-ring (bicyclic) bond motifs is 1. The van der Waals surface area contributed by atoms with E-state index in [9.17, 15) is 13.6 Å². The summed E-state index contributed by atoms with van der Waals surface area (Å²) in [7, 11) is 0. The predicted molar refractivity (Wildman–Crippen MR) is 126 cm³/mol. The zero-order valence-electron chi connectivity index (χ0n) is 19.2. The Hall–Kier alpha value is -1.65. The molecule has 6 nitrogen and oxygen atoms in total. The molecular weight excluding hydrogens is 466 g/mol. The van der Waals surface area contributed by atoms with E-state index in [4.69, 9.17) is 4.74 Å². The maximum atomic E-state index is 13.0. The highest BCUT2D eigenvalue weighted by Gasteiger charge is 2.27. The summed E-state index contributed by atoms with van der Waals surface area (Å²) in [5.74, 6) is -2.09. The van der Waals surface area contributed by atoms with Crippen LogP contribution in [0.25, 0.3) is 0 Å². The van der Waals surface area contributed by atoms with Gasteiger partial charge in [-0.15, -0.1) is 11.3 Å². The quantitative estimate of drug-likeness (QED) is 0.547. The van der Waals surface area contributed by atoms with E-state index in [1.165, 1.54) is 11.3 Å². The maximum Gasteiger partial charge on any atom is 0.278 e. The Balaban J connectivity index is 1.15. The molecule has 0 atom stereocenters. The predicted octanol–water partition coefficient (Wildman–Crippen LogP) is 4.61. The average Bonchev–Trinajstić information content (AvgIpc) is 3.36. The number of amides is 1. The van der Waals surface area contributed by atoms with Crippen molar-refractivity contribution in [2.24, 2.45) is 5.92 Å². The van der Waals surface area contributed by atoms with Crippen molar-refractivity contribution in [3.05, 3.63) is 26.7 Å². The molecule has 0 saturated heterocycles. The highest BCUT2D eigenvalue weighted by molar-refractivity contribution is 7.13. The minimum Gasteiger partial charge on any atom is -0.464 e. The molecule has 0 unspecified atom stereocenters. The van der Waals surface area contributed by atoms with Gasteiger partial charge in [-0.2, -0.15) is 0 Å². The Bertz CT molecular complexity index is 935. The topological polar surface area (TPSA) is 67.4 Å². The molecule has 3 heterocycles. The summed E-state index contributed by atoms with van der Waals surface area (Å²) < 4.78 is 31.2. The van der Waals surface area contributed by atoms with Gasteiger partial charge in [-0.1, -0.05) is 11.3 Å². The second-order valence-corrected chi connectivity index (χ2v) is 11.7. The zero-order valence-corrected chi connectivity index (χ0v) is 20.9. The monoisotopic (exact) mass is 498 g/mol. The standard InChI is InChI=1S/C23H32F2N4O2S2/c1-15-12-26-21(32-15)11-20(30)27-17-5-3-16(4-6-17)7-9-29-10-8-19-18(13-29)28-22(33-19)31-14-23(2,24)25/h12,16-17H,3-11,13-14H2,1-2H3,(H,27,30)/t16-,17-. The van der Waals surface area contributed by atoms with Crippen molar-refractivity contribution in [3.63, 3.8) is 0 Å². The largest absolute Gasteiger partial charge is 0.464 e. The van der Waals surface area contributed by atoms with Crippen LogP contribution in [-0.2, 0) is 24.2 Å². The van der Waals surface area contributed by atoms with Gasteiger partial charge in [0.25, 0.3) is 11.1 Å². The summed E-state index contributed by atoms with van der Waals surface area (Å²) in [6, 6.07) is 0.274. The second-order valence-electron chi connectivity index (χ2n) is 9.35. The molecule has 4 rings (SSSR count). The first-order valence-corrected chi connectivity index (χ1v) is 13.3. The number of thiazole rings is 2. The van der Waals surface area contributed by atoms with Crippen LogP contribution in [0.4, 0.5) is 8.78 Å². The highest BCUT2D eigenvalue weighted by Crippen LogP contribution is 2.32. The van der Waals surface area contributed by atoms with Crippen LogP contribution in [0.2, 0.25) is 0 Å². The molecule has 1 fully saturated rings. The first-order valence-electron chi connectivity index (χ1n) is 11.7. The van der Waals surface area contributed by atoms with Gasteiger partial charge in [0.05, 0.1) is 12.1 Å². The van der Waals surface area contributed by atoms with E-state index >= 15 is 0 Å². The van der Waals surface area contributed by atoms with Gasteiger partial charge in [0.2, 0.25) is 5.91 Å². The molecule has 2 aromatic rings.